The third kappa shape index (κ3) is 1.86. The minimum absolute atomic E-state index is 0.0982. The predicted octanol–water partition coefficient (Wildman–Crippen LogP) is 2.62. The van der Waals surface area contributed by atoms with Crippen molar-refractivity contribution in [3.8, 4) is 22.8 Å². The number of methoxy groups -OCH3 is 1. The SMILES string of the molecule is CCc1nc(-c2ccc(OC)c(O)c2)co1. The zero-order valence-electron chi connectivity index (χ0n) is 9.23. The average molecular weight is 219 g/mol. The lowest BCUT2D eigenvalue weighted by Crippen LogP contribution is -1.85. The Morgan fingerprint density at radius 2 is 2.25 bits per heavy atom. The molecule has 4 nitrogen and oxygen atoms in total. The van der Waals surface area contributed by atoms with Crippen LogP contribution in [-0.4, -0.2) is 17.2 Å². The number of benzene rings is 1. The highest BCUT2D eigenvalue weighted by Crippen LogP contribution is 2.30. The number of oxazole rings is 1. The molecule has 0 bridgehead atoms. The van der Waals surface area contributed by atoms with Crippen molar-refractivity contribution in [1.82, 2.24) is 4.98 Å². The molecule has 1 heterocycles. The van der Waals surface area contributed by atoms with E-state index in [1.807, 2.05) is 13.0 Å². The van der Waals surface area contributed by atoms with Crippen molar-refractivity contribution < 1.29 is 14.3 Å². The van der Waals surface area contributed by atoms with E-state index in [0.717, 1.165) is 17.7 Å². The van der Waals surface area contributed by atoms with Crippen molar-refractivity contribution in [2.24, 2.45) is 0 Å². The lowest BCUT2D eigenvalue weighted by molar-refractivity contribution is 0.373. The van der Waals surface area contributed by atoms with Gasteiger partial charge in [-0.15, -0.1) is 0 Å². The van der Waals surface area contributed by atoms with Crippen LogP contribution in [0.1, 0.15) is 12.8 Å². The molecule has 84 valence electrons. The van der Waals surface area contributed by atoms with Gasteiger partial charge < -0.3 is 14.3 Å². The molecule has 0 aliphatic carbocycles. The maximum Gasteiger partial charge on any atom is 0.194 e. The first-order chi connectivity index (χ1) is 7.74. The largest absolute Gasteiger partial charge is 0.504 e. The number of nitrogens with zero attached hydrogens (tertiary/aromatic N) is 1. The summed E-state index contributed by atoms with van der Waals surface area (Å²) in [7, 11) is 1.51. The smallest absolute Gasteiger partial charge is 0.194 e. The van der Waals surface area contributed by atoms with E-state index >= 15 is 0 Å². The van der Waals surface area contributed by atoms with Gasteiger partial charge in [0.25, 0.3) is 0 Å². The molecule has 1 aromatic heterocycles. The summed E-state index contributed by atoms with van der Waals surface area (Å²) in [6.07, 6.45) is 2.34. The number of aromatic hydroxyl groups is 1. The number of rotatable bonds is 3. The van der Waals surface area contributed by atoms with Gasteiger partial charge in [-0.05, 0) is 18.2 Å². The Kier molecular flexibility index (Phi) is 2.81. The van der Waals surface area contributed by atoms with E-state index in [0.29, 0.717) is 11.6 Å². The van der Waals surface area contributed by atoms with Crippen molar-refractivity contribution in [3.63, 3.8) is 0 Å². The van der Waals surface area contributed by atoms with Gasteiger partial charge >= 0.3 is 0 Å². The van der Waals surface area contributed by atoms with Crippen LogP contribution >= 0.6 is 0 Å². The molecule has 16 heavy (non-hydrogen) atoms. The summed E-state index contributed by atoms with van der Waals surface area (Å²) in [6, 6.07) is 5.14. The second-order valence-electron chi connectivity index (χ2n) is 3.37. The van der Waals surface area contributed by atoms with Gasteiger partial charge in [0, 0.05) is 12.0 Å². The van der Waals surface area contributed by atoms with Crippen molar-refractivity contribution in [2.45, 2.75) is 13.3 Å². The quantitative estimate of drug-likeness (QED) is 0.862. The molecule has 0 radical (unpaired) electrons. The van der Waals surface area contributed by atoms with Crippen LogP contribution in [0.4, 0.5) is 0 Å². The number of aryl methyl sites for hydroxylation is 1. The molecular weight excluding hydrogens is 206 g/mol. The molecule has 0 unspecified atom stereocenters. The zero-order chi connectivity index (χ0) is 11.5. The predicted molar refractivity (Wildman–Crippen MR) is 59.5 cm³/mol. The van der Waals surface area contributed by atoms with Gasteiger partial charge in [0.15, 0.2) is 17.4 Å². The van der Waals surface area contributed by atoms with E-state index in [1.165, 1.54) is 7.11 Å². The minimum Gasteiger partial charge on any atom is -0.504 e. The number of phenolic OH excluding ortho intramolecular Hbond substituents is 1. The van der Waals surface area contributed by atoms with E-state index in [4.69, 9.17) is 9.15 Å². The lowest BCUT2D eigenvalue weighted by atomic mass is 10.1. The van der Waals surface area contributed by atoms with E-state index in [-0.39, 0.29) is 5.75 Å². The molecule has 0 spiro atoms. The average Bonchev–Trinajstić information content (AvgIpc) is 2.77. The van der Waals surface area contributed by atoms with Gasteiger partial charge in [0.1, 0.15) is 12.0 Å². The molecule has 0 amide bonds. The Balaban J connectivity index is 2.37. The van der Waals surface area contributed by atoms with E-state index in [1.54, 1.807) is 18.4 Å². The van der Waals surface area contributed by atoms with E-state index in [9.17, 15) is 5.11 Å². The Hall–Kier alpha value is -1.97. The molecular formula is C12H13NO3. The summed E-state index contributed by atoms with van der Waals surface area (Å²) in [5.74, 6) is 1.23. The van der Waals surface area contributed by atoms with Crippen LogP contribution in [0.2, 0.25) is 0 Å². The van der Waals surface area contributed by atoms with Gasteiger partial charge in [0.05, 0.1) is 7.11 Å². The fraction of sp³-hybridized carbons (Fsp3) is 0.250. The molecule has 1 aromatic carbocycles. The Morgan fingerprint density at radius 1 is 1.44 bits per heavy atom. The van der Waals surface area contributed by atoms with Crippen LogP contribution in [0.5, 0.6) is 11.5 Å². The molecule has 0 saturated carbocycles. The number of ether oxygens (including phenoxy) is 1. The molecule has 0 aliphatic rings. The summed E-state index contributed by atoms with van der Waals surface area (Å²) in [4.78, 5) is 4.28. The van der Waals surface area contributed by atoms with Crippen molar-refractivity contribution in [1.29, 1.82) is 0 Å². The molecule has 4 heteroatoms. The molecule has 0 fully saturated rings. The Bertz CT molecular complexity index is 491. The fourth-order valence-corrected chi connectivity index (χ4v) is 1.46. The van der Waals surface area contributed by atoms with Gasteiger partial charge in [-0.25, -0.2) is 4.98 Å². The van der Waals surface area contributed by atoms with Gasteiger partial charge in [-0.2, -0.15) is 0 Å². The summed E-state index contributed by atoms with van der Waals surface area (Å²) in [6.45, 7) is 1.97. The van der Waals surface area contributed by atoms with Gasteiger partial charge in [0.2, 0.25) is 0 Å². The first-order valence-electron chi connectivity index (χ1n) is 5.06. The highest BCUT2D eigenvalue weighted by molar-refractivity contribution is 5.62. The van der Waals surface area contributed by atoms with Gasteiger partial charge in [-0.1, -0.05) is 6.92 Å². The van der Waals surface area contributed by atoms with Crippen LogP contribution in [0, 0.1) is 0 Å². The third-order valence-electron chi connectivity index (χ3n) is 2.33. The minimum atomic E-state index is 0.0982. The molecule has 0 aliphatic heterocycles. The number of aromatic nitrogens is 1. The zero-order valence-corrected chi connectivity index (χ0v) is 9.23. The van der Waals surface area contributed by atoms with Crippen LogP contribution in [0.15, 0.2) is 28.9 Å². The second kappa shape index (κ2) is 4.26. The van der Waals surface area contributed by atoms with E-state index in [2.05, 4.69) is 4.98 Å². The first kappa shape index (κ1) is 10.5. The molecule has 0 saturated heterocycles. The van der Waals surface area contributed by atoms with Crippen LogP contribution in [0.25, 0.3) is 11.3 Å². The first-order valence-corrected chi connectivity index (χ1v) is 5.06. The standard InChI is InChI=1S/C12H13NO3/c1-3-12-13-9(7-16-12)8-4-5-11(15-2)10(14)6-8/h4-7,14H,3H2,1-2H3. The summed E-state index contributed by atoms with van der Waals surface area (Å²) < 4.78 is 10.2. The molecule has 0 atom stereocenters. The summed E-state index contributed by atoms with van der Waals surface area (Å²) >= 11 is 0. The summed E-state index contributed by atoms with van der Waals surface area (Å²) in [5.41, 5.74) is 1.52. The normalized spacial score (nSPS) is 10.4. The molecule has 2 rings (SSSR count). The third-order valence-corrected chi connectivity index (χ3v) is 2.33. The summed E-state index contributed by atoms with van der Waals surface area (Å²) in [5, 5.41) is 9.63. The number of hydrogen-bond acceptors (Lipinski definition) is 4. The molecule has 2 aromatic rings. The maximum absolute atomic E-state index is 9.63. The van der Waals surface area contributed by atoms with Crippen molar-refractivity contribution in [3.05, 3.63) is 30.4 Å². The van der Waals surface area contributed by atoms with Gasteiger partial charge in [-0.3, -0.25) is 0 Å². The van der Waals surface area contributed by atoms with Crippen molar-refractivity contribution in [2.75, 3.05) is 7.11 Å². The monoisotopic (exact) mass is 219 g/mol. The number of hydrogen-bond donors (Lipinski definition) is 1. The van der Waals surface area contributed by atoms with Crippen LogP contribution in [-0.2, 0) is 6.42 Å². The second-order valence-corrected chi connectivity index (χ2v) is 3.37. The van der Waals surface area contributed by atoms with Crippen molar-refractivity contribution >= 4 is 0 Å². The topological polar surface area (TPSA) is 55.5 Å². The Labute approximate surface area is 93.5 Å². The maximum atomic E-state index is 9.63. The Morgan fingerprint density at radius 3 is 2.81 bits per heavy atom. The van der Waals surface area contributed by atoms with Crippen LogP contribution in [0.3, 0.4) is 0 Å². The van der Waals surface area contributed by atoms with E-state index < -0.39 is 0 Å². The number of phenols is 1. The molecule has 1 N–H and O–H groups in total. The highest BCUT2D eigenvalue weighted by atomic mass is 16.5. The highest BCUT2D eigenvalue weighted by Gasteiger charge is 2.08. The lowest BCUT2D eigenvalue weighted by Gasteiger charge is -2.03. The van der Waals surface area contributed by atoms with Crippen LogP contribution < -0.4 is 4.74 Å². The fourth-order valence-electron chi connectivity index (χ4n) is 1.46.